The molecule has 0 radical (unpaired) electrons. The van der Waals surface area contributed by atoms with Crippen LogP contribution >= 0.6 is 0 Å². The first-order valence-corrected chi connectivity index (χ1v) is 4.86. The van der Waals surface area contributed by atoms with Crippen molar-refractivity contribution in [2.45, 2.75) is 52.4 Å². The lowest BCUT2D eigenvalue weighted by Gasteiger charge is -2.27. The summed E-state index contributed by atoms with van der Waals surface area (Å²) in [6.45, 7) is 4.67. The van der Waals surface area contributed by atoms with Crippen LogP contribution in [0.25, 0.3) is 0 Å². The van der Waals surface area contributed by atoms with Crippen LogP contribution in [0.4, 0.5) is 0 Å². The first-order valence-electron chi connectivity index (χ1n) is 4.86. The highest BCUT2D eigenvalue weighted by Crippen LogP contribution is 2.32. The zero-order valence-electron chi connectivity index (χ0n) is 7.40. The van der Waals surface area contributed by atoms with Gasteiger partial charge in [-0.2, -0.15) is 0 Å². The van der Waals surface area contributed by atoms with Crippen molar-refractivity contribution in [2.24, 2.45) is 11.8 Å². The van der Waals surface area contributed by atoms with E-state index in [4.69, 9.17) is 0 Å². The van der Waals surface area contributed by atoms with Gasteiger partial charge in [0.1, 0.15) is 0 Å². The fourth-order valence-corrected chi connectivity index (χ4v) is 2.14. The third-order valence-corrected chi connectivity index (χ3v) is 3.05. The van der Waals surface area contributed by atoms with Gasteiger partial charge in [-0.05, 0) is 18.3 Å². The van der Waals surface area contributed by atoms with E-state index in [9.17, 15) is 0 Å². The Balaban J connectivity index is 2.25. The van der Waals surface area contributed by atoms with Crippen LogP contribution < -0.4 is 0 Å². The van der Waals surface area contributed by atoms with Gasteiger partial charge in [0.2, 0.25) is 0 Å². The summed E-state index contributed by atoms with van der Waals surface area (Å²) in [4.78, 5) is 0. The molecule has 0 saturated heterocycles. The van der Waals surface area contributed by atoms with Gasteiger partial charge in [0.15, 0.2) is 0 Å². The Kier molecular flexibility index (Phi) is 3.24. The highest BCUT2D eigenvalue weighted by Gasteiger charge is 2.18. The van der Waals surface area contributed by atoms with E-state index in [1.165, 1.54) is 38.5 Å². The molecule has 0 aromatic heterocycles. The molecule has 1 aliphatic rings. The number of rotatable bonds is 2. The fourth-order valence-electron chi connectivity index (χ4n) is 2.14. The molecule has 2 atom stereocenters. The Morgan fingerprint density at radius 2 is 1.50 bits per heavy atom. The third-order valence-electron chi connectivity index (χ3n) is 3.05. The second-order valence-electron chi connectivity index (χ2n) is 3.72. The van der Waals surface area contributed by atoms with Gasteiger partial charge in [0.25, 0.3) is 0 Å². The zero-order chi connectivity index (χ0) is 7.40. The van der Waals surface area contributed by atoms with Gasteiger partial charge in [-0.25, -0.2) is 0 Å². The average Bonchev–Trinajstić information content (AvgIpc) is 2.05. The highest BCUT2D eigenvalue weighted by atomic mass is 14.2. The standard InChI is InChI=1S/C10H20/c1-3-9-6-5-7-10(4-2)8-9/h9-10H,3-8H2,1-2H3/t9-,10-/m1/s1. The normalized spacial score (nSPS) is 34.2. The largest absolute Gasteiger partial charge is 0.0651 e. The zero-order valence-corrected chi connectivity index (χ0v) is 7.40. The molecule has 0 nitrogen and oxygen atoms in total. The van der Waals surface area contributed by atoms with Crippen LogP contribution in [-0.2, 0) is 0 Å². The van der Waals surface area contributed by atoms with Crippen molar-refractivity contribution in [3.05, 3.63) is 0 Å². The maximum atomic E-state index is 2.34. The van der Waals surface area contributed by atoms with Crippen LogP contribution in [0.15, 0.2) is 0 Å². The molecule has 60 valence electrons. The van der Waals surface area contributed by atoms with E-state index < -0.39 is 0 Å². The smallest absolute Gasteiger partial charge is 0.0414 e. The van der Waals surface area contributed by atoms with Crippen LogP contribution in [0.1, 0.15) is 52.4 Å². The Labute approximate surface area is 65.0 Å². The highest BCUT2D eigenvalue weighted by molar-refractivity contribution is 4.70. The van der Waals surface area contributed by atoms with E-state index >= 15 is 0 Å². The van der Waals surface area contributed by atoms with Crippen molar-refractivity contribution < 1.29 is 0 Å². The maximum absolute atomic E-state index is 2.34. The quantitative estimate of drug-likeness (QED) is 0.549. The lowest BCUT2D eigenvalue weighted by molar-refractivity contribution is 0.255. The predicted molar refractivity (Wildman–Crippen MR) is 46.0 cm³/mol. The van der Waals surface area contributed by atoms with Crippen molar-refractivity contribution in [1.29, 1.82) is 0 Å². The van der Waals surface area contributed by atoms with E-state index in [-0.39, 0.29) is 0 Å². The third kappa shape index (κ3) is 2.00. The molecule has 1 rings (SSSR count). The van der Waals surface area contributed by atoms with Crippen LogP contribution in [0, 0.1) is 11.8 Å². The fraction of sp³-hybridized carbons (Fsp3) is 1.00. The molecule has 0 aromatic carbocycles. The van der Waals surface area contributed by atoms with Gasteiger partial charge in [-0.1, -0.05) is 46.0 Å². The van der Waals surface area contributed by atoms with Gasteiger partial charge < -0.3 is 0 Å². The molecular weight excluding hydrogens is 120 g/mol. The molecule has 0 unspecified atom stereocenters. The molecule has 0 aromatic rings. The van der Waals surface area contributed by atoms with Gasteiger partial charge >= 0.3 is 0 Å². The summed E-state index contributed by atoms with van der Waals surface area (Å²) in [6, 6.07) is 0. The van der Waals surface area contributed by atoms with Crippen molar-refractivity contribution in [2.75, 3.05) is 0 Å². The summed E-state index contributed by atoms with van der Waals surface area (Å²) in [6.07, 6.45) is 8.86. The Morgan fingerprint density at radius 1 is 1.00 bits per heavy atom. The van der Waals surface area contributed by atoms with E-state index in [2.05, 4.69) is 13.8 Å². The number of hydrogen-bond acceptors (Lipinski definition) is 0. The molecule has 0 amide bonds. The maximum Gasteiger partial charge on any atom is -0.0414 e. The molecule has 0 spiro atoms. The van der Waals surface area contributed by atoms with Gasteiger partial charge in [0.05, 0.1) is 0 Å². The predicted octanol–water partition coefficient (Wildman–Crippen LogP) is 3.61. The molecule has 0 N–H and O–H groups in total. The summed E-state index contributed by atoms with van der Waals surface area (Å²) in [5.41, 5.74) is 0. The minimum absolute atomic E-state index is 1.07. The Bertz CT molecular complexity index is 76.0. The topological polar surface area (TPSA) is 0 Å². The SMILES string of the molecule is CC[C@@H]1CCC[C@@H](CC)C1. The molecule has 0 heterocycles. The molecule has 1 fully saturated rings. The molecular formula is C10H20. The summed E-state index contributed by atoms with van der Waals surface area (Å²) in [5.74, 6) is 2.14. The van der Waals surface area contributed by atoms with Crippen LogP contribution in [-0.4, -0.2) is 0 Å². The average molecular weight is 140 g/mol. The van der Waals surface area contributed by atoms with Crippen LogP contribution in [0.3, 0.4) is 0 Å². The van der Waals surface area contributed by atoms with Crippen molar-refractivity contribution >= 4 is 0 Å². The summed E-state index contributed by atoms with van der Waals surface area (Å²) in [7, 11) is 0. The van der Waals surface area contributed by atoms with Gasteiger partial charge in [-0.3, -0.25) is 0 Å². The monoisotopic (exact) mass is 140 g/mol. The van der Waals surface area contributed by atoms with E-state index in [1.54, 1.807) is 0 Å². The first kappa shape index (κ1) is 8.10. The lowest BCUT2D eigenvalue weighted by Crippen LogP contribution is -2.13. The first-order chi connectivity index (χ1) is 4.86. The molecule has 0 aliphatic heterocycles. The second-order valence-corrected chi connectivity index (χ2v) is 3.72. The van der Waals surface area contributed by atoms with E-state index in [0.717, 1.165) is 11.8 Å². The summed E-state index contributed by atoms with van der Waals surface area (Å²) in [5, 5.41) is 0. The van der Waals surface area contributed by atoms with E-state index in [0.29, 0.717) is 0 Å². The minimum Gasteiger partial charge on any atom is -0.0651 e. The summed E-state index contributed by atoms with van der Waals surface area (Å²) < 4.78 is 0. The molecule has 1 aliphatic carbocycles. The lowest BCUT2D eigenvalue weighted by atomic mass is 9.79. The molecule has 0 bridgehead atoms. The van der Waals surface area contributed by atoms with Crippen LogP contribution in [0.5, 0.6) is 0 Å². The Hall–Kier alpha value is 0. The van der Waals surface area contributed by atoms with Crippen molar-refractivity contribution in [3.63, 3.8) is 0 Å². The molecule has 10 heavy (non-hydrogen) atoms. The van der Waals surface area contributed by atoms with Crippen molar-refractivity contribution in [1.82, 2.24) is 0 Å². The van der Waals surface area contributed by atoms with Crippen LogP contribution in [0.2, 0.25) is 0 Å². The Morgan fingerprint density at radius 3 is 1.90 bits per heavy atom. The molecule has 1 saturated carbocycles. The van der Waals surface area contributed by atoms with Gasteiger partial charge in [-0.15, -0.1) is 0 Å². The minimum atomic E-state index is 1.07. The molecule has 0 heteroatoms. The number of hydrogen-bond donors (Lipinski definition) is 0. The van der Waals surface area contributed by atoms with E-state index in [1.807, 2.05) is 0 Å². The van der Waals surface area contributed by atoms with Crippen molar-refractivity contribution in [3.8, 4) is 0 Å². The van der Waals surface area contributed by atoms with Gasteiger partial charge in [0, 0.05) is 0 Å². The summed E-state index contributed by atoms with van der Waals surface area (Å²) >= 11 is 0. The second kappa shape index (κ2) is 4.00.